The molecule has 4 N–H and O–H groups in total. The number of rotatable bonds is 4. The van der Waals surface area contributed by atoms with E-state index in [0.717, 1.165) is 41.1 Å². The number of nitrogens with two attached hydrogens (primary N) is 1. The van der Waals surface area contributed by atoms with Gasteiger partial charge >= 0.3 is 0 Å². The molecule has 1 aliphatic rings. The number of para-hydroxylation sites is 1. The highest BCUT2D eigenvalue weighted by molar-refractivity contribution is 5.93. The van der Waals surface area contributed by atoms with Gasteiger partial charge in [0.05, 0.1) is 19.0 Å². The molecule has 1 aromatic carbocycles. The number of carbonyl (C=O) groups is 2. The second kappa shape index (κ2) is 6.72. The predicted molar refractivity (Wildman–Crippen MR) is 82.0 cm³/mol. The Balaban J connectivity index is 1.94. The zero-order chi connectivity index (χ0) is 15.4. The van der Waals surface area contributed by atoms with Gasteiger partial charge in [-0.05, 0) is 37.8 Å². The summed E-state index contributed by atoms with van der Waals surface area (Å²) in [6, 6.07) is 5.95. The first-order chi connectivity index (χ1) is 9.97. The van der Waals surface area contributed by atoms with Gasteiger partial charge in [-0.25, -0.2) is 0 Å². The van der Waals surface area contributed by atoms with Crippen molar-refractivity contribution < 1.29 is 14.5 Å². The molecule has 1 fully saturated rings. The number of hydrogen-bond acceptors (Lipinski definition) is 2. The SMILES string of the molecule is Cc1cccc(C)c1NC(=O)C[NH+]1CCC[C@@H](C(N)=O)C1. The molecule has 1 aromatic rings. The van der Waals surface area contributed by atoms with E-state index < -0.39 is 0 Å². The van der Waals surface area contributed by atoms with Crippen molar-refractivity contribution in [1.82, 2.24) is 0 Å². The maximum Gasteiger partial charge on any atom is 0.279 e. The monoisotopic (exact) mass is 290 g/mol. The third-order valence-corrected chi connectivity index (χ3v) is 4.18. The molecular formula is C16H24N3O2+. The summed E-state index contributed by atoms with van der Waals surface area (Å²) in [6.07, 6.45) is 1.79. The van der Waals surface area contributed by atoms with Crippen LogP contribution in [0.3, 0.4) is 0 Å². The summed E-state index contributed by atoms with van der Waals surface area (Å²) in [5.41, 5.74) is 8.39. The van der Waals surface area contributed by atoms with Crippen molar-refractivity contribution in [3.8, 4) is 0 Å². The Morgan fingerprint density at radius 1 is 1.33 bits per heavy atom. The number of hydrogen-bond donors (Lipinski definition) is 3. The fraction of sp³-hybridized carbons (Fsp3) is 0.500. The molecule has 1 unspecified atom stereocenters. The van der Waals surface area contributed by atoms with Gasteiger partial charge in [0.1, 0.15) is 0 Å². The summed E-state index contributed by atoms with van der Waals surface area (Å²) >= 11 is 0. The molecule has 0 saturated carbocycles. The predicted octanol–water partition coefficient (Wildman–Crippen LogP) is 0.0221. The molecule has 0 bridgehead atoms. The molecule has 114 valence electrons. The molecule has 0 radical (unpaired) electrons. The highest BCUT2D eigenvalue weighted by Gasteiger charge is 2.28. The molecule has 1 heterocycles. The average molecular weight is 290 g/mol. The number of amides is 2. The first kappa shape index (κ1) is 15.5. The number of piperidine rings is 1. The second-order valence-electron chi connectivity index (χ2n) is 5.94. The zero-order valence-electron chi connectivity index (χ0n) is 12.7. The van der Waals surface area contributed by atoms with Gasteiger partial charge in [-0.1, -0.05) is 18.2 Å². The number of likely N-dealkylation sites (tertiary alicyclic amines) is 1. The van der Waals surface area contributed by atoms with Crippen molar-refractivity contribution in [2.24, 2.45) is 11.7 Å². The topological polar surface area (TPSA) is 76.6 Å². The minimum atomic E-state index is -0.248. The van der Waals surface area contributed by atoms with Gasteiger partial charge in [0.15, 0.2) is 6.54 Å². The van der Waals surface area contributed by atoms with Crippen molar-refractivity contribution in [1.29, 1.82) is 0 Å². The Bertz CT molecular complexity index is 522. The summed E-state index contributed by atoms with van der Waals surface area (Å²) in [4.78, 5) is 24.6. The van der Waals surface area contributed by atoms with Gasteiger partial charge in [-0.2, -0.15) is 0 Å². The largest absolute Gasteiger partial charge is 0.369 e. The molecule has 0 spiro atoms. The van der Waals surface area contributed by atoms with Gasteiger partial charge < -0.3 is 16.0 Å². The van der Waals surface area contributed by atoms with E-state index in [1.165, 1.54) is 0 Å². The van der Waals surface area contributed by atoms with Crippen LogP contribution in [0.5, 0.6) is 0 Å². The first-order valence-corrected chi connectivity index (χ1v) is 7.46. The first-order valence-electron chi connectivity index (χ1n) is 7.46. The highest BCUT2D eigenvalue weighted by Crippen LogP contribution is 2.18. The normalized spacial score (nSPS) is 21.8. The smallest absolute Gasteiger partial charge is 0.279 e. The van der Waals surface area contributed by atoms with E-state index in [9.17, 15) is 9.59 Å². The molecule has 5 nitrogen and oxygen atoms in total. The number of benzene rings is 1. The summed E-state index contributed by atoms with van der Waals surface area (Å²) in [5.74, 6) is -0.350. The van der Waals surface area contributed by atoms with Crippen LogP contribution in [-0.4, -0.2) is 31.4 Å². The van der Waals surface area contributed by atoms with Crippen molar-refractivity contribution in [2.75, 3.05) is 25.0 Å². The Morgan fingerprint density at radius 2 is 2.00 bits per heavy atom. The van der Waals surface area contributed by atoms with Crippen LogP contribution in [0.15, 0.2) is 18.2 Å². The maximum atomic E-state index is 12.2. The van der Waals surface area contributed by atoms with Gasteiger partial charge in [0.25, 0.3) is 5.91 Å². The van der Waals surface area contributed by atoms with Crippen LogP contribution in [-0.2, 0) is 9.59 Å². The van der Waals surface area contributed by atoms with Gasteiger partial charge in [0.2, 0.25) is 5.91 Å². The lowest BCUT2D eigenvalue weighted by atomic mass is 9.97. The molecule has 2 atom stereocenters. The van der Waals surface area contributed by atoms with E-state index in [2.05, 4.69) is 5.32 Å². The quantitative estimate of drug-likeness (QED) is 0.731. The molecule has 1 aliphatic heterocycles. The summed E-state index contributed by atoms with van der Waals surface area (Å²) in [6.45, 7) is 5.94. The Kier molecular flexibility index (Phi) is 4.96. The van der Waals surface area contributed by atoms with Gasteiger partial charge in [-0.3, -0.25) is 9.59 Å². The molecule has 0 aliphatic carbocycles. The maximum absolute atomic E-state index is 12.2. The number of primary amides is 1. The molecule has 0 aromatic heterocycles. The van der Waals surface area contributed by atoms with Crippen LogP contribution in [0.1, 0.15) is 24.0 Å². The minimum Gasteiger partial charge on any atom is -0.369 e. The molecule has 21 heavy (non-hydrogen) atoms. The standard InChI is InChI=1S/C16H23N3O2/c1-11-5-3-6-12(2)15(11)18-14(20)10-19-8-4-7-13(9-19)16(17)21/h3,5-6,13H,4,7-10H2,1-2H3,(H2,17,21)(H,18,20)/p+1/t13-/m1/s1. The van der Waals surface area contributed by atoms with Gasteiger partial charge in [0, 0.05) is 5.69 Å². The third-order valence-electron chi connectivity index (χ3n) is 4.18. The minimum absolute atomic E-state index is 0.00693. The van der Waals surface area contributed by atoms with Crippen molar-refractivity contribution in [3.05, 3.63) is 29.3 Å². The van der Waals surface area contributed by atoms with E-state index in [-0.39, 0.29) is 17.7 Å². The average Bonchev–Trinajstić information content (AvgIpc) is 2.43. The summed E-state index contributed by atoms with van der Waals surface area (Å²) < 4.78 is 0. The van der Waals surface area contributed by atoms with E-state index in [4.69, 9.17) is 5.73 Å². The van der Waals surface area contributed by atoms with E-state index in [1.54, 1.807) is 0 Å². The summed E-state index contributed by atoms with van der Waals surface area (Å²) in [5, 5.41) is 2.99. The fourth-order valence-electron chi connectivity index (χ4n) is 2.98. The molecule has 2 rings (SSSR count). The fourth-order valence-corrected chi connectivity index (χ4v) is 2.98. The summed E-state index contributed by atoms with van der Waals surface area (Å²) in [7, 11) is 0. The van der Waals surface area contributed by atoms with Crippen LogP contribution >= 0.6 is 0 Å². The second-order valence-corrected chi connectivity index (χ2v) is 5.94. The van der Waals surface area contributed by atoms with E-state index in [0.29, 0.717) is 13.1 Å². The van der Waals surface area contributed by atoms with Crippen LogP contribution < -0.4 is 16.0 Å². The molecule has 1 saturated heterocycles. The number of nitrogens with one attached hydrogen (secondary N) is 2. The lowest BCUT2D eigenvalue weighted by Crippen LogP contribution is -3.14. The van der Waals surface area contributed by atoms with E-state index in [1.807, 2.05) is 32.0 Å². The lowest BCUT2D eigenvalue weighted by Gasteiger charge is -2.27. The van der Waals surface area contributed by atoms with Crippen molar-refractivity contribution in [3.63, 3.8) is 0 Å². The Hall–Kier alpha value is -1.88. The molecule has 5 heteroatoms. The van der Waals surface area contributed by atoms with E-state index >= 15 is 0 Å². The lowest BCUT2D eigenvalue weighted by molar-refractivity contribution is -0.899. The Morgan fingerprint density at radius 3 is 2.62 bits per heavy atom. The van der Waals surface area contributed by atoms with Gasteiger partial charge in [-0.15, -0.1) is 0 Å². The molecular weight excluding hydrogens is 266 g/mol. The zero-order valence-corrected chi connectivity index (χ0v) is 12.7. The van der Waals surface area contributed by atoms with Crippen molar-refractivity contribution >= 4 is 17.5 Å². The highest BCUT2D eigenvalue weighted by atomic mass is 16.2. The Labute approximate surface area is 125 Å². The van der Waals surface area contributed by atoms with Crippen LogP contribution in [0, 0.1) is 19.8 Å². The third kappa shape index (κ3) is 4.04. The number of aryl methyl sites for hydroxylation is 2. The van der Waals surface area contributed by atoms with Crippen LogP contribution in [0.2, 0.25) is 0 Å². The number of carbonyl (C=O) groups excluding carboxylic acids is 2. The van der Waals surface area contributed by atoms with Crippen molar-refractivity contribution in [2.45, 2.75) is 26.7 Å². The van der Waals surface area contributed by atoms with Crippen LogP contribution in [0.25, 0.3) is 0 Å². The number of anilines is 1. The number of quaternary nitrogens is 1. The van der Waals surface area contributed by atoms with Crippen LogP contribution in [0.4, 0.5) is 5.69 Å². The molecule has 2 amide bonds.